The van der Waals surface area contributed by atoms with Crippen LogP contribution in [-0.4, -0.2) is 34.2 Å². The quantitative estimate of drug-likeness (QED) is 0.587. The predicted octanol–water partition coefficient (Wildman–Crippen LogP) is 1.71. The number of nitrogens with one attached hydrogen (secondary N) is 1. The number of nitro groups is 1. The van der Waals surface area contributed by atoms with Gasteiger partial charge >= 0.3 is 11.7 Å². The summed E-state index contributed by atoms with van der Waals surface area (Å²) in [6.45, 7) is 1.15. The lowest BCUT2D eigenvalue weighted by molar-refractivity contribution is -0.386. The standard InChI is InChI=1S/C13H15FN2O5/c1-13(12(17)18,15-9-3-4-9)7-21-11-5-2-8(14)6-10(11)16(19)20/h2,5-6,9,15H,3-4,7H2,1H3,(H,17,18). The van der Waals surface area contributed by atoms with E-state index < -0.39 is 27.9 Å². The lowest BCUT2D eigenvalue weighted by atomic mass is 10.0. The van der Waals surface area contributed by atoms with Gasteiger partial charge in [0.15, 0.2) is 5.75 Å². The number of ether oxygens (including phenoxy) is 1. The summed E-state index contributed by atoms with van der Waals surface area (Å²) >= 11 is 0. The monoisotopic (exact) mass is 298 g/mol. The highest BCUT2D eigenvalue weighted by atomic mass is 19.1. The van der Waals surface area contributed by atoms with Crippen LogP contribution in [0.4, 0.5) is 10.1 Å². The van der Waals surface area contributed by atoms with Gasteiger partial charge in [0.05, 0.1) is 11.0 Å². The van der Waals surface area contributed by atoms with Crippen LogP contribution in [0, 0.1) is 15.9 Å². The van der Waals surface area contributed by atoms with Crippen molar-refractivity contribution in [1.29, 1.82) is 0 Å². The molecule has 0 radical (unpaired) electrons. The van der Waals surface area contributed by atoms with Crippen LogP contribution in [0.15, 0.2) is 18.2 Å². The average Bonchev–Trinajstić information content (AvgIpc) is 3.20. The van der Waals surface area contributed by atoms with Crippen molar-refractivity contribution < 1.29 is 24.0 Å². The van der Waals surface area contributed by atoms with E-state index in [9.17, 15) is 24.4 Å². The third kappa shape index (κ3) is 3.66. The number of nitro benzene ring substituents is 1. The van der Waals surface area contributed by atoms with Gasteiger partial charge in [0, 0.05) is 6.04 Å². The largest absolute Gasteiger partial charge is 0.484 e. The second-order valence-electron chi connectivity index (χ2n) is 5.21. The van der Waals surface area contributed by atoms with Crippen molar-refractivity contribution in [3.63, 3.8) is 0 Å². The van der Waals surface area contributed by atoms with E-state index in [1.165, 1.54) is 6.92 Å². The lowest BCUT2D eigenvalue weighted by Crippen LogP contribution is -2.54. The average molecular weight is 298 g/mol. The van der Waals surface area contributed by atoms with Crippen LogP contribution >= 0.6 is 0 Å². The molecule has 2 N–H and O–H groups in total. The zero-order valence-corrected chi connectivity index (χ0v) is 11.3. The molecule has 21 heavy (non-hydrogen) atoms. The van der Waals surface area contributed by atoms with Gasteiger partial charge in [-0.25, -0.2) is 4.39 Å². The molecule has 1 aromatic carbocycles. The fourth-order valence-corrected chi connectivity index (χ4v) is 1.82. The predicted molar refractivity (Wildman–Crippen MR) is 70.7 cm³/mol. The fourth-order valence-electron chi connectivity index (χ4n) is 1.82. The number of carboxylic acid groups (broad SMARTS) is 1. The summed E-state index contributed by atoms with van der Waals surface area (Å²) in [5.41, 5.74) is -1.89. The van der Waals surface area contributed by atoms with E-state index in [4.69, 9.17) is 4.74 Å². The summed E-state index contributed by atoms with van der Waals surface area (Å²) in [6, 6.07) is 3.00. The fraction of sp³-hybridized carbons (Fsp3) is 0.462. The zero-order chi connectivity index (χ0) is 15.6. The van der Waals surface area contributed by atoms with Gasteiger partial charge in [0.1, 0.15) is 18.0 Å². The highest BCUT2D eigenvalue weighted by Crippen LogP contribution is 2.29. The number of carbonyl (C=O) groups is 1. The Labute approximate surface area is 119 Å². The first-order valence-corrected chi connectivity index (χ1v) is 6.40. The molecular weight excluding hydrogens is 283 g/mol. The molecule has 0 amide bonds. The smallest absolute Gasteiger partial charge is 0.327 e. The van der Waals surface area contributed by atoms with Crippen LogP contribution < -0.4 is 10.1 Å². The minimum Gasteiger partial charge on any atom is -0.484 e. The van der Waals surface area contributed by atoms with Gasteiger partial charge in [0.2, 0.25) is 0 Å². The van der Waals surface area contributed by atoms with Gasteiger partial charge in [-0.1, -0.05) is 0 Å². The Bertz CT molecular complexity index is 576. The number of benzene rings is 1. The number of hydrogen-bond donors (Lipinski definition) is 2. The van der Waals surface area contributed by atoms with Crippen molar-refractivity contribution in [1.82, 2.24) is 5.32 Å². The molecule has 0 spiro atoms. The maximum Gasteiger partial charge on any atom is 0.327 e. The molecule has 0 bridgehead atoms. The summed E-state index contributed by atoms with van der Waals surface area (Å²) in [4.78, 5) is 21.4. The van der Waals surface area contributed by atoms with Crippen LogP contribution in [0.2, 0.25) is 0 Å². The van der Waals surface area contributed by atoms with Gasteiger partial charge in [-0.05, 0) is 31.9 Å². The molecule has 0 heterocycles. The number of carboxylic acids is 1. The Morgan fingerprint density at radius 1 is 1.62 bits per heavy atom. The van der Waals surface area contributed by atoms with Crippen molar-refractivity contribution >= 4 is 11.7 Å². The molecule has 114 valence electrons. The normalized spacial score (nSPS) is 17.0. The van der Waals surface area contributed by atoms with Gasteiger partial charge in [-0.15, -0.1) is 0 Å². The molecule has 8 heteroatoms. The summed E-state index contributed by atoms with van der Waals surface area (Å²) in [7, 11) is 0. The molecule has 1 aliphatic carbocycles. The van der Waals surface area contributed by atoms with Crippen molar-refractivity contribution in [2.45, 2.75) is 31.3 Å². The molecule has 2 rings (SSSR count). The minimum atomic E-state index is -1.36. The van der Waals surface area contributed by atoms with Crippen molar-refractivity contribution in [2.75, 3.05) is 6.61 Å². The first-order chi connectivity index (χ1) is 9.82. The Morgan fingerprint density at radius 3 is 2.81 bits per heavy atom. The summed E-state index contributed by atoms with van der Waals surface area (Å²) in [6.07, 6.45) is 1.78. The second kappa shape index (κ2) is 5.65. The highest BCUT2D eigenvalue weighted by molar-refractivity contribution is 5.78. The number of halogens is 1. The second-order valence-corrected chi connectivity index (χ2v) is 5.21. The van der Waals surface area contributed by atoms with Crippen LogP contribution in [-0.2, 0) is 4.79 Å². The summed E-state index contributed by atoms with van der Waals surface area (Å²) in [5.74, 6) is -2.03. The molecule has 1 aliphatic rings. The number of hydrogen-bond acceptors (Lipinski definition) is 5. The molecule has 7 nitrogen and oxygen atoms in total. The summed E-state index contributed by atoms with van der Waals surface area (Å²) < 4.78 is 18.3. The van der Waals surface area contributed by atoms with Gasteiger partial charge in [-0.2, -0.15) is 0 Å². The number of aliphatic carboxylic acids is 1. The maximum absolute atomic E-state index is 13.0. The molecule has 1 atom stereocenters. The number of nitrogens with zero attached hydrogens (tertiary/aromatic N) is 1. The third-order valence-electron chi connectivity index (χ3n) is 3.21. The zero-order valence-electron chi connectivity index (χ0n) is 11.3. The highest BCUT2D eigenvalue weighted by Gasteiger charge is 2.39. The van der Waals surface area contributed by atoms with Gasteiger partial charge in [0.25, 0.3) is 0 Å². The molecule has 1 fully saturated rings. The lowest BCUT2D eigenvalue weighted by Gasteiger charge is -2.26. The van der Waals surface area contributed by atoms with E-state index in [1.807, 2.05) is 0 Å². The SMILES string of the molecule is CC(COc1ccc(F)cc1[N+](=O)[O-])(NC1CC1)C(=O)O. The van der Waals surface area contributed by atoms with Crippen LogP contribution in [0.5, 0.6) is 5.75 Å². The Hall–Kier alpha value is -2.22. The first-order valence-electron chi connectivity index (χ1n) is 6.40. The van der Waals surface area contributed by atoms with Crippen LogP contribution in [0.1, 0.15) is 19.8 Å². The number of rotatable bonds is 7. The van der Waals surface area contributed by atoms with Crippen molar-refractivity contribution in [3.8, 4) is 5.75 Å². The van der Waals surface area contributed by atoms with E-state index in [-0.39, 0.29) is 18.4 Å². The Balaban J connectivity index is 2.13. The molecule has 0 aromatic heterocycles. The third-order valence-corrected chi connectivity index (χ3v) is 3.21. The van der Waals surface area contributed by atoms with E-state index in [1.54, 1.807) is 0 Å². The Kier molecular flexibility index (Phi) is 4.08. The van der Waals surface area contributed by atoms with Gasteiger partial charge < -0.3 is 9.84 Å². The molecule has 0 saturated heterocycles. The molecular formula is C13H15FN2O5. The van der Waals surface area contributed by atoms with E-state index >= 15 is 0 Å². The van der Waals surface area contributed by atoms with Crippen LogP contribution in [0.25, 0.3) is 0 Å². The molecule has 1 saturated carbocycles. The maximum atomic E-state index is 13.0. The molecule has 1 unspecified atom stereocenters. The summed E-state index contributed by atoms with van der Waals surface area (Å²) in [5, 5.41) is 23.0. The minimum absolute atomic E-state index is 0.123. The molecule has 1 aromatic rings. The van der Waals surface area contributed by atoms with Crippen molar-refractivity contribution in [3.05, 3.63) is 34.1 Å². The van der Waals surface area contributed by atoms with E-state index in [2.05, 4.69) is 5.32 Å². The van der Waals surface area contributed by atoms with Crippen molar-refractivity contribution in [2.24, 2.45) is 0 Å². The van der Waals surface area contributed by atoms with E-state index in [0.29, 0.717) is 0 Å². The molecule has 0 aliphatic heterocycles. The van der Waals surface area contributed by atoms with Crippen LogP contribution in [0.3, 0.4) is 0 Å². The van der Waals surface area contributed by atoms with E-state index in [0.717, 1.165) is 31.0 Å². The first kappa shape index (κ1) is 15.2. The Morgan fingerprint density at radius 2 is 2.29 bits per heavy atom. The van der Waals surface area contributed by atoms with Gasteiger partial charge in [-0.3, -0.25) is 20.2 Å². The topological polar surface area (TPSA) is 102 Å².